The first-order valence-electron chi connectivity index (χ1n) is 5.04. The van der Waals surface area contributed by atoms with Crippen LogP contribution in [0.15, 0.2) is 5.38 Å². The van der Waals surface area contributed by atoms with Crippen LogP contribution in [-0.2, 0) is 11.3 Å². The molecule has 5 heteroatoms. The van der Waals surface area contributed by atoms with Crippen LogP contribution in [-0.4, -0.2) is 24.5 Å². The van der Waals surface area contributed by atoms with Crippen molar-refractivity contribution in [2.45, 2.75) is 26.3 Å². The Morgan fingerprint density at radius 3 is 3.00 bits per heavy atom. The summed E-state index contributed by atoms with van der Waals surface area (Å²) in [6.45, 7) is 3.64. The van der Waals surface area contributed by atoms with Crippen molar-refractivity contribution in [3.8, 4) is 0 Å². The van der Waals surface area contributed by atoms with Gasteiger partial charge in [-0.15, -0.1) is 11.3 Å². The van der Waals surface area contributed by atoms with Gasteiger partial charge in [0.2, 0.25) is 5.91 Å². The average Bonchev–Trinajstić information content (AvgIpc) is 2.63. The molecule has 0 fully saturated rings. The summed E-state index contributed by atoms with van der Waals surface area (Å²) in [5.74, 6) is 0.0984. The van der Waals surface area contributed by atoms with Crippen LogP contribution in [0.25, 0.3) is 0 Å². The second-order valence-electron chi connectivity index (χ2n) is 3.31. The van der Waals surface area contributed by atoms with Gasteiger partial charge in [-0.25, -0.2) is 4.98 Å². The fraction of sp³-hybridized carbons (Fsp3) is 0.600. The summed E-state index contributed by atoms with van der Waals surface area (Å²) in [4.78, 5) is 15.2. The molecule has 2 N–H and O–H groups in total. The highest BCUT2D eigenvalue weighted by atomic mass is 32.1. The van der Waals surface area contributed by atoms with E-state index in [1.807, 2.05) is 6.92 Å². The first-order chi connectivity index (χ1) is 7.22. The Kier molecular flexibility index (Phi) is 5.28. The molecule has 0 atom stereocenters. The Hall–Kier alpha value is -0.940. The van der Waals surface area contributed by atoms with Gasteiger partial charge in [-0.1, -0.05) is 0 Å². The number of thiazole rings is 1. The van der Waals surface area contributed by atoms with Gasteiger partial charge in [-0.05, 0) is 19.9 Å². The second kappa shape index (κ2) is 6.53. The van der Waals surface area contributed by atoms with Crippen LogP contribution < -0.4 is 10.6 Å². The number of amides is 1. The molecule has 0 saturated carbocycles. The van der Waals surface area contributed by atoms with Gasteiger partial charge < -0.3 is 10.6 Å². The molecule has 1 aromatic rings. The number of carbonyl (C=O) groups is 1. The van der Waals surface area contributed by atoms with Gasteiger partial charge >= 0.3 is 0 Å². The van der Waals surface area contributed by atoms with Crippen molar-refractivity contribution in [3.05, 3.63) is 16.1 Å². The molecule has 0 radical (unpaired) electrons. The van der Waals surface area contributed by atoms with Gasteiger partial charge in [0.1, 0.15) is 0 Å². The summed E-state index contributed by atoms with van der Waals surface area (Å²) in [6, 6.07) is 0. The topological polar surface area (TPSA) is 54.0 Å². The zero-order valence-corrected chi connectivity index (χ0v) is 9.99. The van der Waals surface area contributed by atoms with Crippen molar-refractivity contribution >= 4 is 17.2 Å². The molecule has 1 amide bonds. The predicted octanol–water partition coefficient (Wildman–Crippen LogP) is 1.07. The van der Waals surface area contributed by atoms with E-state index in [0.717, 1.165) is 30.2 Å². The van der Waals surface area contributed by atoms with E-state index in [0.29, 0.717) is 6.42 Å². The fourth-order valence-corrected chi connectivity index (χ4v) is 1.82. The average molecular weight is 227 g/mol. The summed E-state index contributed by atoms with van der Waals surface area (Å²) in [6.07, 6.45) is 1.45. The minimum absolute atomic E-state index is 0.0984. The van der Waals surface area contributed by atoms with Crippen LogP contribution in [0, 0.1) is 6.92 Å². The minimum atomic E-state index is 0.0984. The summed E-state index contributed by atoms with van der Waals surface area (Å²) in [7, 11) is 1.66. The van der Waals surface area contributed by atoms with Crippen molar-refractivity contribution < 1.29 is 4.79 Å². The maximum atomic E-state index is 10.9. The number of aromatic nitrogens is 1. The third-order valence-electron chi connectivity index (χ3n) is 2.01. The minimum Gasteiger partial charge on any atom is -0.359 e. The molecule has 1 rings (SSSR count). The van der Waals surface area contributed by atoms with E-state index in [1.165, 1.54) is 0 Å². The number of hydrogen-bond acceptors (Lipinski definition) is 4. The molecule has 0 spiro atoms. The Morgan fingerprint density at radius 2 is 2.40 bits per heavy atom. The number of nitrogens with zero attached hydrogens (tertiary/aromatic N) is 1. The molecule has 15 heavy (non-hydrogen) atoms. The Morgan fingerprint density at radius 1 is 1.60 bits per heavy atom. The molecule has 0 aliphatic heterocycles. The number of carbonyl (C=O) groups excluding carboxylic acids is 1. The van der Waals surface area contributed by atoms with Crippen molar-refractivity contribution in [2.75, 3.05) is 13.6 Å². The highest BCUT2D eigenvalue weighted by Gasteiger charge is 1.99. The molecule has 1 heterocycles. The molecule has 0 saturated heterocycles. The van der Waals surface area contributed by atoms with E-state index < -0.39 is 0 Å². The lowest BCUT2D eigenvalue weighted by Crippen LogP contribution is -2.21. The zero-order chi connectivity index (χ0) is 11.1. The smallest absolute Gasteiger partial charge is 0.219 e. The van der Waals surface area contributed by atoms with E-state index in [4.69, 9.17) is 0 Å². The van der Waals surface area contributed by atoms with Crippen molar-refractivity contribution in [2.24, 2.45) is 0 Å². The summed E-state index contributed by atoms with van der Waals surface area (Å²) >= 11 is 1.66. The first-order valence-corrected chi connectivity index (χ1v) is 5.92. The van der Waals surface area contributed by atoms with Crippen LogP contribution >= 0.6 is 11.3 Å². The molecule has 0 bridgehead atoms. The largest absolute Gasteiger partial charge is 0.359 e. The molecule has 0 aromatic carbocycles. The highest BCUT2D eigenvalue weighted by Crippen LogP contribution is 2.07. The SMILES string of the molecule is CNC(=O)CCCNCc1csc(C)n1. The Labute approximate surface area is 94.1 Å². The third kappa shape index (κ3) is 4.90. The van der Waals surface area contributed by atoms with Crippen LogP contribution in [0.4, 0.5) is 0 Å². The predicted molar refractivity (Wildman–Crippen MR) is 61.9 cm³/mol. The van der Waals surface area contributed by atoms with E-state index in [-0.39, 0.29) is 5.91 Å². The monoisotopic (exact) mass is 227 g/mol. The highest BCUT2D eigenvalue weighted by molar-refractivity contribution is 7.09. The molecule has 84 valence electrons. The van der Waals surface area contributed by atoms with Gasteiger partial charge in [0.25, 0.3) is 0 Å². The van der Waals surface area contributed by atoms with Crippen LogP contribution in [0.2, 0.25) is 0 Å². The van der Waals surface area contributed by atoms with E-state index >= 15 is 0 Å². The summed E-state index contributed by atoms with van der Waals surface area (Å²) in [5.41, 5.74) is 1.08. The normalized spacial score (nSPS) is 10.3. The maximum absolute atomic E-state index is 10.9. The lowest BCUT2D eigenvalue weighted by atomic mass is 10.3. The van der Waals surface area contributed by atoms with Gasteiger partial charge in [0, 0.05) is 25.4 Å². The van der Waals surface area contributed by atoms with Gasteiger partial charge in [0.15, 0.2) is 0 Å². The Balaban J connectivity index is 2.05. The number of rotatable bonds is 6. The van der Waals surface area contributed by atoms with Crippen LogP contribution in [0.3, 0.4) is 0 Å². The van der Waals surface area contributed by atoms with E-state index in [9.17, 15) is 4.79 Å². The Bertz CT molecular complexity index is 311. The molecule has 0 aliphatic rings. The third-order valence-corrected chi connectivity index (χ3v) is 2.83. The zero-order valence-electron chi connectivity index (χ0n) is 9.17. The number of hydrogen-bond donors (Lipinski definition) is 2. The molecule has 0 aliphatic carbocycles. The van der Waals surface area contributed by atoms with Crippen LogP contribution in [0.5, 0.6) is 0 Å². The lowest BCUT2D eigenvalue weighted by Gasteiger charge is -2.02. The first kappa shape index (κ1) is 12.1. The standard InChI is InChI=1S/C10H17N3OS/c1-8-13-9(7-15-8)6-12-5-3-4-10(14)11-2/h7,12H,3-6H2,1-2H3,(H,11,14). The lowest BCUT2D eigenvalue weighted by molar-refractivity contribution is -0.120. The van der Waals surface area contributed by atoms with Gasteiger partial charge in [-0.2, -0.15) is 0 Å². The van der Waals surface area contributed by atoms with Crippen molar-refractivity contribution in [1.82, 2.24) is 15.6 Å². The number of nitrogens with one attached hydrogen (secondary N) is 2. The molecular formula is C10H17N3OS. The quantitative estimate of drug-likeness (QED) is 0.715. The molecule has 1 aromatic heterocycles. The molecular weight excluding hydrogens is 210 g/mol. The summed E-state index contributed by atoms with van der Waals surface area (Å²) < 4.78 is 0. The molecule has 4 nitrogen and oxygen atoms in total. The van der Waals surface area contributed by atoms with Crippen molar-refractivity contribution in [3.63, 3.8) is 0 Å². The van der Waals surface area contributed by atoms with E-state index in [1.54, 1.807) is 18.4 Å². The van der Waals surface area contributed by atoms with Gasteiger partial charge in [0.05, 0.1) is 10.7 Å². The second-order valence-corrected chi connectivity index (χ2v) is 4.37. The number of aryl methyl sites for hydroxylation is 1. The van der Waals surface area contributed by atoms with Crippen molar-refractivity contribution in [1.29, 1.82) is 0 Å². The van der Waals surface area contributed by atoms with E-state index in [2.05, 4.69) is 21.0 Å². The fourth-order valence-electron chi connectivity index (χ4n) is 1.20. The van der Waals surface area contributed by atoms with Crippen LogP contribution in [0.1, 0.15) is 23.5 Å². The van der Waals surface area contributed by atoms with Gasteiger partial charge in [-0.3, -0.25) is 4.79 Å². The summed E-state index contributed by atoms with van der Waals surface area (Å²) in [5, 5.41) is 9.01. The maximum Gasteiger partial charge on any atom is 0.219 e. The molecule has 0 unspecified atom stereocenters.